The van der Waals surface area contributed by atoms with Crippen LogP contribution in [0.1, 0.15) is 57.6 Å². The molecule has 0 bridgehead atoms. The lowest BCUT2D eigenvalue weighted by atomic mass is 9.90. The van der Waals surface area contributed by atoms with Crippen LogP contribution in [0.5, 0.6) is 0 Å². The molecule has 1 aliphatic heterocycles. The van der Waals surface area contributed by atoms with Gasteiger partial charge in [-0.2, -0.15) is 9.78 Å². The Bertz CT molecular complexity index is 1320. The van der Waals surface area contributed by atoms with Crippen LogP contribution in [-0.4, -0.2) is 64.5 Å². The number of fused-ring (bicyclic) bond motifs is 1. The molecule has 3 unspecified atom stereocenters. The molecule has 1 saturated heterocycles. The van der Waals surface area contributed by atoms with Gasteiger partial charge in [-0.1, -0.05) is 54.4 Å². The predicted octanol–water partition coefficient (Wildman–Crippen LogP) is 6.53. The smallest absolute Gasteiger partial charge is 0.435 e. The molecule has 40 heavy (non-hydrogen) atoms. The average molecular weight is 563 g/mol. The van der Waals surface area contributed by atoms with Crippen LogP contribution in [0.25, 0.3) is 16.5 Å². The van der Waals surface area contributed by atoms with Crippen molar-refractivity contribution < 1.29 is 14.3 Å². The molecule has 214 valence electrons. The summed E-state index contributed by atoms with van der Waals surface area (Å²) >= 11 is 1.72. The largest absolute Gasteiger partial charge is 0.442 e. The number of rotatable bonds is 8. The van der Waals surface area contributed by atoms with Crippen LogP contribution in [0.15, 0.2) is 60.8 Å². The summed E-state index contributed by atoms with van der Waals surface area (Å²) in [5, 5.41) is 5.22. The zero-order chi connectivity index (χ0) is 28.1. The van der Waals surface area contributed by atoms with Crippen LogP contribution in [-0.2, 0) is 16.0 Å². The van der Waals surface area contributed by atoms with Crippen LogP contribution in [0.4, 0.5) is 4.79 Å². The number of nitrogens with zero attached hydrogens (tertiary/aromatic N) is 3. The second kappa shape index (κ2) is 12.9. The molecule has 7 nitrogen and oxygen atoms in total. The number of hydrogen-bond donors (Lipinski definition) is 1. The van der Waals surface area contributed by atoms with E-state index in [0.717, 1.165) is 62.8 Å². The Morgan fingerprint density at radius 2 is 1.98 bits per heavy atom. The van der Waals surface area contributed by atoms with Gasteiger partial charge in [-0.25, -0.2) is 4.79 Å². The lowest BCUT2D eigenvalue weighted by Crippen LogP contribution is -2.49. The first-order chi connectivity index (χ1) is 19.3. The molecule has 2 heterocycles. The van der Waals surface area contributed by atoms with Gasteiger partial charge in [-0.15, -0.1) is 0 Å². The van der Waals surface area contributed by atoms with Crippen molar-refractivity contribution in [2.45, 2.75) is 70.7 Å². The average Bonchev–Trinajstić information content (AvgIpc) is 3.37. The van der Waals surface area contributed by atoms with E-state index in [-0.39, 0.29) is 6.10 Å². The molecule has 0 radical (unpaired) electrons. The minimum absolute atomic E-state index is 0.252. The second-order valence-electron chi connectivity index (χ2n) is 12.0. The molecule has 1 fully saturated rings. The fraction of sp³-hybridized carbons (Fsp3) is 0.500. The number of likely N-dealkylation sites (tertiary alicyclic amines) is 1. The van der Waals surface area contributed by atoms with Crippen molar-refractivity contribution in [2.75, 3.05) is 26.0 Å². The Kier molecular flexibility index (Phi) is 9.31. The summed E-state index contributed by atoms with van der Waals surface area (Å²) < 4.78 is 17.0. The van der Waals surface area contributed by atoms with Crippen molar-refractivity contribution in [2.24, 2.45) is 5.92 Å². The molecule has 5 rings (SSSR count). The number of hydrogen-bond acceptors (Lipinski definition) is 7. The van der Waals surface area contributed by atoms with Gasteiger partial charge in [-0.3, -0.25) is 9.62 Å². The monoisotopic (exact) mass is 562 g/mol. The van der Waals surface area contributed by atoms with E-state index < -0.39 is 11.7 Å². The number of piperidine rings is 1. The van der Waals surface area contributed by atoms with E-state index in [9.17, 15) is 4.79 Å². The van der Waals surface area contributed by atoms with E-state index in [1.54, 1.807) is 18.1 Å². The number of benzene rings is 2. The van der Waals surface area contributed by atoms with Crippen LogP contribution in [0.3, 0.4) is 0 Å². The van der Waals surface area contributed by atoms with E-state index in [0.29, 0.717) is 12.0 Å². The van der Waals surface area contributed by atoms with Gasteiger partial charge < -0.3 is 9.47 Å². The number of carbonyl (C=O) groups excluding carboxylic acids is 1. The second-order valence-corrected chi connectivity index (χ2v) is 12.6. The van der Waals surface area contributed by atoms with Gasteiger partial charge in [0.1, 0.15) is 5.60 Å². The first-order valence-electron chi connectivity index (χ1n) is 14.4. The van der Waals surface area contributed by atoms with Crippen LogP contribution < -0.4 is 4.72 Å². The Morgan fingerprint density at radius 3 is 2.70 bits per heavy atom. The number of aromatic nitrogens is 2. The van der Waals surface area contributed by atoms with E-state index in [2.05, 4.69) is 69.5 Å². The summed E-state index contributed by atoms with van der Waals surface area (Å²) in [7, 11) is 0. The highest BCUT2D eigenvalue weighted by Crippen LogP contribution is 2.31. The van der Waals surface area contributed by atoms with Gasteiger partial charge in [0.2, 0.25) is 0 Å². The topological polar surface area (TPSA) is 68.6 Å². The summed E-state index contributed by atoms with van der Waals surface area (Å²) in [6, 6.07) is 17.4. The maximum Gasteiger partial charge on any atom is 0.435 e. The first kappa shape index (κ1) is 28.9. The van der Waals surface area contributed by atoms with E-state index >= 15 is 0 Å². The van der Waals surface area contributed by atoms with Crippen molar-refractivity contribution in [3.63, 3.8) is 0 Å². The molecular formula is C32H42N4O3S. The summed E-state index contributed by atoms with van der Waals surface area (Å²) in [6.07, 6.45) is 10.0. The lowest BCUT2D eigenvalue weighted by Gasteiger charge is -2.39. The summed E-state index contributed by atoms with van der Waals surface area (Å²) in [4.78, 5) is 15.1. The zero-order valence-electron chi connectivity index (χ0n) is 24.1. The quantitative estimate of drug-likeness (QED) is 0.313. The number of ether oxygens (including phenoxy) is 2. The molecule has 0 saturated carbocycles. The molecule has 2 aliphatic rings. The molecule has 3 aromatic rings. The molecular weight excluding hydrogens is 520 g/mol. The van der Waals surface area contributed by atoms with Gasteiger partial charge in [-0.05, 0) is 81.5 Å². The van der Waals surface area contributed by atoms with Gasteiger partial charge in [0.05, 0.1) is 24.4 Å². The molecule has 1 aromatic heterocycles. The minimum Gasteiger partial charge on any atom is -0.442 e. The van der Waals surface area contributed by atoms with E-state index in [1.807, 2.05) is 26.8 Å². The Morgan fingerprint density at radius 1 is 1.15 bits per heavy atom. The standard InChI is InChI=1S/C32H42N4O3S/c1-32(2,3)39-31(37)36-30-15-12-25(18-26(30)19-33-36)24-10-13-28(14-11-24)38-22-27-21-35(17-16-29(27)34-40-4)20-23-8-6-5-7-9-23/h5-10,12,15,18-19,27-29,34H,11,13-14,16-17,20-22H2,1-4H3. The molecule has 8 heteroatoms. The Labute approximate surface area is 242 Å². The molecule has 3 atom stereocenters. The lowest BCUT2D eigenvalue weighted by molar-refractivity contribution is -0.00308. The van der Waals surface area contributed by atoms with Crippen molar-refractivity contribution >= 4 is 34.5 Å². The Balaban J connectivity index is 1.17. The number of carbonyl (C=O) groups is 1. The third-order valence-electron chi connectivity index (χ3n) is 7.75. The van der Waals surface area contributed by atoms with E-state index in [1.165, 1.54) is 21.4 Å². The maximum atomic E-state index is 12.5. The number of nitrogens with one attached hydrogen (secondary N) is 1. The summed E-state index contributed by atoms with van der Waals surface area (Å²) in [5.41, 5.74) is 4.09. The van der Waals surface area contributed by atoms with Crippen molar-refractivity contribution in [1.29, 1.82) is 0 Å². The van der Waals surface area contributed by atoms with Crippen molar-refractivity contribution in [1.82, 2.24) is 19.4 Å². The molecule has 2 aromatic carbocycles. The van der Waals surface area contributed by atoms with Crippen LogP contribution in [0.2, 0.25) is 0 Å². The van der Waals surface area contributed by atoms with Crippen LogP contribution in [0, 0.1) is 5.92 Å². The highest BCUT2D eigenvalue weighted by atomic mass is 32.2. The third-order valence-corrected chi connectivity index (χ3v) is 8.29. The van der Waals surface area contributed by atoms with Gasteiger partial charge in [0, 0.05) is 37.0 Å². The highest BCUT2D eigenvalue weighted by molar-refractivity contribution is 7.96. The maximum absolute atomic E-state index is 12.5. The summed E-state index contributed by atoms with van der Waals surface area (Å²) in [6.45, 7) is 9.52. The normalized spacial score (nSPS) is 22.3. The fourth-order valence-corrected chi connectivity index (χ4v) is 6.35. The Hall–Kier alpha value is -2.65. The molecule has 1 aliphatic carbocycles. The molecule has 0 amide bonds. The minimum atomic E-state index is -0.564. The SMILES string of the molecule is CSNC1CCN(Cc2ccccc2)CC1COC1CC=C(c2ccc3c(cnn3C(=O)OC(C)(C)C)c2)CC1. The third kappa shape index (κ3) is 7.35. The van der Waals surface area contributed by atoms with Gasteiger partial charge in [0.15, 0.2) is 0 Å². The highest BCUT2D eigenvalue weighted by Gasteiger charge is 2.30. The molecule has 1 N–H and O–H groups in total. The zero-order valence-corrected chi connectivity index (χ0v) is 25.0. The number of allylic oxidation sites excluding steroid dienone is 1. The summed E-state index contributed by atoms with van der Waals surface area (Å²) in [5.74, 6) is 0.471. The van der Waals surface area contributed by atoms with E-state index in [4.69, 9.17) is 9.47 Å². The van der Waals surface area contributed by atoms with Gasteiger partial charge in [0.25, 0.3) is 0 Å². The van der Waals surface area contributed by atoms with Crippen LogP contribution >= 0.6 is 11.9 Å². The van der Waals surface area contributed by atoms with Crippen molar-refractivity contribution in [3.8, 4) is 0 Å². The van der Waals surface area contributed by atoms with Crippen molar-refractivity contribution in [3.05, 3.63) is 71.9 Å². The fourth-order valence-electron chi connectivity index (χ4n) is 5.73. The first-order valence-corrected chi connectivity index (χ1v) is 15.6. The predicted molar refractivity (Wildman–Crippen MR) is 163 cm³/mol. The van der Waals surface area contributed by atoms with Gasteiger partial charge >= 0.3 is 6.09 Å². The molecule has 0 spiro atoms.